The molecule has 4 aromatic rings. The monoisotopic (exact) mass is 763 g/mol. The average molecular weight is 764 g/mol. The number of nitro groups is 1. The fourth-order valence-electron chi connectivity index (χ4n) is 4.98. The van der Waals surface area contributed by atoms with Crippen LogP contribution in [0.3, 0.4) is 0 Å². The number of hydrogen-bond acceptors (Lipinski definition) is 12. The predicted octanol–water partition coefficient (Wildman–Crippen LogP) is 8.33. The smallest absolute Gasteiger partial charge is 0.455 e. The predicted molar refractivity (Wildman–Crippen MR) is 169 cm³/mol. The fraction of sp³-hybridized carbons (Fsp3) is 0.345. The molecule has 1 saturated heterocycles. The van der Waals surface area contributed by atoms with E-state index in [1.54, 1.807) is 0 Å². The Balaban J connectivity index is 1.63. The molecule has 0 saturated carbocycles. The lowest BCUT2D eigenvalue weighted by Crippen LogP contribution is -2.22. The molecule has 50 heavy (non-hydrogen) atoms. The van der Waals surface area contributed by atoms with E-state index in [0.29, 0.717) is 19.1 Å². The largest absolute Gasteiger partial charge is 0.573 e. The summed E-state index contributed by atoms with van der Waals surface area (Å²) in [5, 5.41) is 19.1. The molecule has 0 bridgehead atoms. The standard InChI is InChI=1S/C29H26ClF4N5O9S2/c1-28(2,3)23-24(31)20(50(43,44)48-27(40)36-21-13-49-14-35-21)11-18(30)25(23)46-19-8-7-15(47-29(32,33)34)10-16(19)17-12-38(37-26(17)39(41)42)22-6-4-5-9-45-22/h7-8,10-14,22H,4-6,9H2,1-3H3,(H,36,40). The van der Waals surface area contributed by atoms with Crippen LogP contribution in [0.4, 0.5) is 34.0 Å². The van der Waals surface area contributed by atoms with Gasteiger partial charge in [0.05, 0.1) is 21.8 Å². The van der Waals surface area contributed by atoms with Crippen molar-refractivity contribution < 1.29 is 54.1 Å². The first-order valence-electron chi connectivity index (χ1n) is 14.4. The molecule has 1 amide bonds. The Morgan fingerprint density at radius 1 is 1.20 bits per heavy atom. The average Bonchev–Trinajstić information content (AvgIpc) is 3.69. The van der Waals surface area contributed by atoms with Crippen LogP contribution in [0.25, 0.3) is 11.1 Å². The van der Waals surface area contributed by atoms with Crippen molar-refractivity contribution in [1.82, 2.24) is 14.8 Å². The first-order valence-corrected chi connectivity index (χ1v) is 17.2. The van der Waals surface area contributed by atoms with Gasteiger partial charge in [-0.15, -0.1) is 24.5 Å². The van der Waals surface area contributed by atoms with Gasteiger partial charge in [-0.2, -0.15) is 13.1 Å². The highest BCUT2D eigenvalue weighted by atomic mass is 35.5. The highest BCUT2D eigenvalue weighted by molar-refractivity contribution is 7.87. The first kappa shape index (κ1) is 36.7. The zero-order valence-corrected chi connectivity index (χ0v) is 28.5. The number of ether oxygens (including phenoxy) is 3. The van der Waals surface area contributed by atoms with Gasteiger partial charge in [-0.05, 0) is 53.9 Å². The summed E-state index contributed by atoms with van der Waals surface area (Å²) in [7, 11) is -5.16. The summed E-state index contributed by atoms with van der Waals surface area (Å²) in [4.78, 5) is 26.2. The second kappa shape index (κ2) is 14.0. The van der Waals surface area contributed by atoms with Crippen molar-refractivity contribution in [2.45, 2.75) is 62.9 Å². The number of aromatic nitrogens is 3. The second-order valence-corrected chi connectivity index (χ2v) is 14.3. The van der Waals surface area contributed by atoms with Gasteiger partial charge in [-0.1, -0.05) is 32.4 Å². The number of carbonyl (C=O) groups is 1. The van der Waals surface area contributed by atoms with Gasteiger partial charge < -0.3 is 28.5 Å². The van der Waals surface area contributed by atoms with Crippen LogP contribution >= 0.6 is 22.9 Å². The Kier molecular flexibility index (Phi) is 10.3. The molecule has 5 rings (SSSR count). The maximum atomic E-state index is 16.3. The van der Waals surface area contributed by atoms with Crippen molar-refractivity contribution in [3.63, 3.8) is 0 Å². The summed E-state index contributed by atoms with van der Waals surface area (Å²) in [6.45, 7) is 4.77. The van der Waals surface area contributed by atoms with E-state index in [4.69, 9.17) is 21.1 Å². The summed E-state index contributed by atoms with van der Waals surface area (Å²) in [6, 6.07) is 3.26. The van der Waals surface area contributed by atoms with E-state index in [-0.39, 0.29) is 22.7 Å². The van der Waals surface area contributed by atoms with Crippen molar-refractivity contribution in [2.75, 3.05) is 11.9 Å². The van der Waals surface area contributed by atoms with Crippen molar-refractivity contribution in [2.24, 2.45) is 0 Å². The van der Waals surface area contributed by atoms with Gasteiger partial charge in [-0.3, -0.25) is 5.32 Å². The molecule has 268 valence electrons. The summed E-state index contributed by atoms with van der Waals surface area (Å²) in [6.07, 6.45) is -4.21. The number of anilines is 1. The van der Waals surface area contributed by atoms with Gasteiger partial charge >= 0.3 is 28.4 Å². The number of benzene rings is 2. The number of carbonyl (C=O) groups excluding carboxylic acids is 1. The maximum Gasteiger partial charge on any atom is 0.573 e. The van der Waals surface area contributed by atoms with Gasteiger partial charge in [0.2, 0.25) is 0 Å². The van der Waals surface area contributed by atoms with Crippen LogP contribution < -0.4 is 14.8 Å². The van der Waals surface area contributed by atoms with Gasteiger partial charge in [0.1, 0.15) is 27.8 Å². The molecule has 1 aliphatic heterocycles. The number of amides is 1. The molecule has 1 N–H and O–H groups in total. The summed E-state index contributed by atoms with van der Waals surface area (Å²) in [5.74, 6) is -3.85. The Labute approximate surface area is 290 Å². The molecule has 1 fully saturated rings. The van der Waals surface area contributed by atoms with Crippen LogP contribution in [0.1, 0.15) is 51.8 Å². The maximum absolute atomic E-state index is 16.3. The Morgan fingerprint density at radius 3 is 2.54 bits per heavy atom. The van der Waals surface area contributed by atoms with Crippen LogP contribution in [0.2, 0.25) is 5.02 Å². The molecule has 0 spiro atoms. The molecular weight excluding hydrogens is 738 g/mol. The number of nitrogens with zero attached hydrogens (tertiary/aromatic N) is 4. The number of thiazole rings is 1. The van der Waals surface area contributed by atoms with Gasteiger partial charge in [0, 0.05) is 23.1 Å². The minimum absolute atomic E-state index is 0.0210. The minimum atomic E-state index is -5.16. The van der Waals surface area contributed by atoms with Crippen LogP contribution in [0.5, 0.6) is 17.2 Å². The highest BCUT2D eigenvalue weighted by Gasteiger charge is 2.37. The van der Waals surface area contributed by atoms with Crippen molar-refractivity contribution in [1.29, 1.82) is 0 Å². The SMILES string of the molecule is CC(C)(C)c1c(F)c(S(=O)(=O)OC(=O)Nc2cscn2)cc(Cl)c1Oc1ccc(OC(F)(F)F)cc1-c1cn(C2CCCCO2)nc1[N+](=O)[O-]. The molecule has 0 aliphatic carbocycles. The molecule has 1 atom stereocenters. The molecule has 3 heterocycles. The van der Waals surface area contributed by atoms with Crippen LogP contribution in [0, 0.1) is 15.9 Å². The molecule has 2 aromatic carbocycles. The first-order chi connectivity index (χ1) is 23.3. The van der Waals surface area contributed by atoms with E-state index >= 15 is 4.39 Å². The van der Waals surface area contributed by atoms with E-state index in [9.17, 15) is 36.5 Å². The summed E-state index contributed by atoms with van der Waals surface area (Å²) < 4.78 is 104. The van der Waals surface area contributed by atoms with Crippen LogP contribution in [-0.2, 0) is 24.5 Å². The summed E-state index contributed by atoms with van der Waals surface area (Å²) >= 11 is 7.59. The van der Waals surface area contributed by atoms with Crippen molar-refractivity contribution in [3.05, 3.63) is 67.9 Å². The minimum Gasteiger partial charge on any atom is -0.455 e. The Bertz CT molecular complexity index is 2030. The molecule has 1 aliphatic rings. The second-order valence-electron chi connectivity index (χ2n) is 11.7. The number of alkyl halides is 3. The lowest BCUT2D eigenvalue weighted by molar-refractivity contribution is -0.389. The third kappa shape index (κ3) is 8.25. The number of hydrogen-bond donors (Lipinski definition) is 1. The molecule has 2 aromatic heterocycles. The van der Waals surface area contributed by atoms with Crippen LogP contribution in [-0.4, -0.2) is 47.2 Å². The topological polar surface area (TPSA) is 174 Å². The lowest BCUT2D eigenvalue weighted by Gasteiger charge is -2.26. The zero-order chi connectivity index (χ0) is 36.6. The highest BCUT2D eigenvalue weighted by Crippen LogP contribution is 2.47. The van der Waals surface area contributed by atoms with E-state index in [1.807, 2.05) is 0 Å². The molecule has 1 unspecified atom stereocenters. The lowest BCUT2D eigenvalue weighted by atomic mass is 9.85. The molecule has 0 radical (unpaired) electrons. The summed E-state index contributed by atoms with van der Waals surface area (Å²) in [5.41, 5.74) is -1.02. The normalized spacial score (nSPS) is 15.4. The van der Waals surface area contributed by atoms with Crippen molar-refractivity contribution >= 4 is 50.8 Å². The van der Waals surface area contributed by atoms with Crippen LogP contribution in [0.15, 0.2) is 46.2 Å². The van der Waals surface area contributed by atoms with E-state index in [0.717, 1.165) is 42.4 Å². The van der Waals surface area contributed by atoms with E-state index in [2.05, 4.69) is 24.3 Å². The van der Waals surface area contributed by atoms with Gasteiger partial charge in [-0.25, -0.2) is 14.2 Å². The third-order valence-electron chi connectivity index (χ3n) is 7.03. The Hall–Kier alpha value is -4.53. The number of halogens is 5. The Morgan fingerprint density at radius 2 is 1.94 bits per heavy atom. The van der Waals surface area contributed by atoms with E-state index in [1.165, 1.54) is 42.5 Å². The van der Waals surface area contributed by atoms with Gasteiger partial charge in [0.25, 0.3) is 0 Å². The molecule has 14 nitrogen and oxygen atoms in total. The molecule has 21 heteroatoms. The third-order valence-corrected chi connectivity index (χ3v) is 9.10. The number of nitrogens with one attached hydrogen (secondary N) is 1. The van der Waals surface area contributed by atoms with E-state index < -0.39 is 77.8 Å². The number of rotatable bonds is 9. The quantitative estimate of drug-likeness (QED) is 0.0751. The van der Waals surface area contributed by atoms with Gasteiger partial charge in [0.15, 0.2) is 17.8 Å². The fourth-order valence-corrected chi connectivity index (χ4v) is 6.69. The molecular formula is C29H26ClF4N5O9S2. The zero-order valence-electron chi connectivity index (χ0n) is 26.1. The van der Waals surface area contributed by atoms with Crippen molar-refractivity contribution in [3.8, 4) is 28.4 Å².